The lowest BCUT2D eigenvalue weighted by atomic mass is 10.3. The first kappa shape index (κ1) is 14.5. The molecule has 0 unspecified atom stereocenters. The van der Waals surface area contributed by atoms with Crippen LogP contribution in [0.5, 0.6) is 0 Å². The molecule has 0 atom stereocenters. The first-order valence-corrected chi connectivity index (χ1v) is 9.04. The lowest BCUT2D eigenvalue weighted by molar-refractivity contribution is 0.462. The Hall–Kier alpha value is -0.513. The number of hydrogen-bond acceptors (Lipinski definition) is 1. The summed E-state index contributed by atoms with van der Waals surface area (Å²) in [4.78, 5) is 9.07. The van der Waals surface area contributed by atoms with E-state index in [1.165, 1.54) is 19.0 Å². The summed E-state index contributed by atoms with van der Waals surface area (Å²) in [5.41, 5.74) is 0. The zero-order valence-electron chi connectivity index (χ0n) is 11.2. The van der Waals surface area contributed by atoms with Crippen LogP contribution in [0.1, 0.15) is 19.8 Å². The SMILES string of the molecule is CCCCN=C(N(C)C)N(C)C[SiH](C)C. The molecule has 0 fully saturated rings. The van der Waals surface area contributed by atoms with Crippen LogP contribution in [0.3, 0.4) is 0 Å². The maximum atomic E-state index is 4.66. The summed E-state index contributed by atoms with van der Waals surface area (Å²) in [5.74, 6) is 1.13. The second-order valence-electron chi connectivity index (χ2n) is 4.70. The van der Waals surface area contributed by atoms with Crippen molar-refractivity contribution >= 4 is 14.8 Å². The van der Waals surface area contributed by atoms with Gasteiger partial charge in [0.05, 0.1) is 8.80 Å². The van der Waals surface area contributed by atoms with Crippen molar-refractivity contribution in [3.63, 3.8) is 0 Å². The minimum absolute atomic E-state index is 0.548. The van der Waals surface area contributed by atoms with Gasteiger partial charge in [-0.25, -0.2) is 0 Å². The number of guanidine groups is 1. The summed E-state index contributed by atoms with van der Waals surface area (Å²) < 4.78 is 0. The van der Waals surface area contributed by atoms with Crippen molar-refractivity contribution in [2.45, 2.75) is 32.9 Å². The van der Waals surface area contributed by atoms with E-state index in [4.69, 9.17) is 0 Å². The van der Waals surface area contributed by atoms with E-state index in [0.29, 0.717) is 0 Å². The van der Waals surface area contributed by atoms with Gasteiger partial charge in [-0.05, 0) is 6.42 Å². The van der Waals surface area contributed by atoms with Crippen LogP contribution < -0.4 is 0 Å². The fourth-order valence-corrected chi connectivity index (χ4v) is 2.83. The minimum Gasteiger partial charge on any atom is -0.349 e. The Balaban J connectivity index is 4.30. The van der Waals surface area contributed by atoms with E-state index in [-0.39, 0.29) is 0 Å². The largest absolute Gasteiger partial charge is 0.349 e. The highest BCUT2D eigenvalue weighted by atomic mass is 28.3. The van der Waals surface area contributed by atoms with E-state index in [0.717, 1.165) is 12.5 Å². The van der Waals surface area contributed by atoms with Gasteiger partial charge in [0.15, 0.2) is 5.96 Å². The van der Waals surface area contributed by atoms with Gasteiger partial charge in [-0.1, -0.05) is 26.4 Å². The fraction of sp³-hybridized carbons (Fsp3) is 0.909. The highest BCUT2D eigenvalue weighted by Crippen LogP contribution is 1.97. The van der Waals surface area contributed by atoms with E-state index >= 15 is 0 Å². The van der Waals surface area contributed by atoms with Crippen LogP contribution in [-0.2, 0) is 0 Å². The topological polar surface area (TPSA) is 18.8 Å². The molecule has 0 aromatic heterocycles. The quantitative estimate of drug-likeness (QED) is 0.309. The van der Waals surface area contributed by atoms with Crippen molar-refractivity contribution < 1.29 is 0 Å². The molecule has 0 aliphatic rings. The molecule has 0 rings (SSSR count). The second-order valence-corrected chi connectivity index (χ2v) is 7.86. The van der Waals surface area contributed by atoms with Gasteiger partial charge in [-0.15, -0.1) is 0 Å². The molecule has 0 saturated heterocycles. The van der Waals surface area contributed by atoms with E-state index < -0.39 is 8.80 Å². The molecular formula is C11H27N3Si. The van der Waals surface area contributed by atoms with Gasteiger partial charge in [0.1, 0.15) is 0 Å². The zero-order chi connectivity index (χ0) is 11.8. The lowest BCUT2D eigenvalue weighted by Gasteiger charge is -2.27. The van der Waals surface area contributed by atoms with Crippen molar-refractivity contribution in [1.29, 1.82) is 0 Å². The van der Waals surface area contributed by atoms with Crippen molar-refractivity contribution in [3.05, 3.63) is 0 Å². The molecule has 0 saturated carbocycles. The third-order valence-corrected chi connectivity index (χ3v) is 3.42. The number of nitrogens with zero attached hydrogens (tertiary/aromatic N) is 3. The van der Waals surface area contributed by atoms with Gasteiger partial charge < -0.3 is 9.80 Å². The molecule has 0 aromatic carbocycles. The van der Waals surface area contributed by atoms with Crippen LogP contribution in [-0.4, -0.2) is 58.4 Å². The monoisotopic (exact) mass is 229 g/mol. The van der Waals surface area contributed by atoms with Crippen LogP contribution in [0, 0.1) is 0 Å². The summed E-state index contributed by atoms with van der Waals surface area (Å²) >= 11 is 0. The number of aliphatic imine (C=N–C) groups is 1. The third-order valence-electron chi connectivity index (χ3n) is 2.15. The van der Waals surface area contributed by atoms with Gasteiger partial charge in [0.25, 0.3) is 0 Å². The molecule has 0 aromatic rings. The normalized spacial score (nSPS) is 12.1. The molecule has 0 aliphatic carbocycles. The fourth-order valence-electron chi connectivity index (χ4n) is 1.57. The van der Waals surface area contributed by atoms with Crippen LogP contribution in [0.15, 0.2) is 4.99 Å². The Morgan fingerprint density at radius 3 is 2.20 bits per heavy atom. The van der Waals surface area contributed by atoms with Crippen molar-refractivity contribution in [1.82, 2.24) is 9.80 Å². The van der Waals surface area contributed by atoms with Crippen molar-refractivity contribution in [2.24, 2.45) is 4.99 Å². The number of hydrogen-bond donors (Lipinski definition) is 0. The van der Waals surface area contributed by atoms with Gasteiger partial charge in [0.2, 0.25) is 0 Å². The second kappa shape index (κ2) is 7.74. The molecule has 0 radical (unpaired) electrons. The first-order valence-electron chi connectivity index (χ1n) is 5.91. The summed E-state index contributed by atoms with van der Waals surface area (Å²) in [6.45, 7) is 7.90. The number of unbranched alkanes of at least 4 members (excludes halogenated alkanes) is 1. The van der Waals surface area contributed by atoms with Gasteiger partial charge in [0, 0.05) is 33.9 Å². The average Bonchev–Trinajstić information content (AvgIpc) is 2.10. The van der Waals surface area contributed by atoms with Gasteiger partial charge >= 0.3 is 0 Å². The maximum absolute atomic E-state index is 4.66. The van der Waals surface area contributed by atoms with Crippen molar-refractivity contribution in [3.8, 4) is 0 Å². The highest BCUT2D eigenvalue weighted by molar-refractivity contribution is 6.56. The summed E-state index contributed by atoms with van der Waals surface area (Å²) in [6, 6.07) is 0. The molecular weight excluding hydrogens is 202 g/mol. The molecule has 0 aliphatic heterocycles. The Morgan fingerprint density at radius 1 is 1.20 bits per heavy atom. The minimum atomic E-state index is -0.548. The molecule has 15 heavy (non-hydrogen) atoms. The van der Waals surface area contributed by atoms with Crippen LogP contribution in [0.4, 0.5) is 0 Å². The molecule has 0 bridgehead atoms. The Kier molecular flexibility index (Phi) is 7.47. The number of rotatable bonds is 5. The van der Waals surface area contributed by atoms with Gasteiger partial charge in [-0.2, -0.15) is 0 Å². The first-order chi connectivity index (χ1) is 6.99. The van der Waals surface area contributed by atoms with Crippen LogP contribution in [0.2, 0.25) is 13.1 Å². The Labute approximate surface area is 96.8 Å². The molecule has 90 valence electrons. The van der Waals surface area contributed by atoms with Crippen molar-refractivity contribution in [2.75, 3.05) is 33.9 Å². The lowest BCUT2D eigenvalue weighted by Crippen LogP contribution is -2.42. The predicted octanol–water partition coefficient (Wildman–Crippen LogP) is 1.66. The molecule has 0 amide bonds. The van der Waals surface area contributed by atoms with Crippen LogP contribution in [0.25, 0.3) is 0 Å². The highest BCUT2D eigenvalue weighted by Gasteiger charge is 2.10. The molecule has 3 nitrogen and oxygen atoms in total. The molecule has 0 N–H and O–H groups in total. The van der Waals surface area contributed by atoms with E-state index in [1.807, 2.05) is 0 Å². The Bertz CT molecular complexity index is 190. The van der Waals surface area contributed by atoms with E-state index in [9.17, 15) is 0 Å². The molecule has 0 heterocycles. The Morgan fingerprint density at radius 2 is 1.80 bits per heavy atom. The summed E-state index contributed by atoms with van der Waals surface area (Å²) in [5, 5.41) is 0. The van der Waals surface area contributed by atoms with Gasteiger partial charge in [-0.3, -0.25) is 4.99 Å². The summed E-state index contributed by atoms with van der Waals surface area (Å²) in [7, 11) is 5.75. The molecule has 4 heteroatoms. The van der Waals surface area contributed by atoms with Crippen LogP contribution >= 0.6 is 0 Å². The summed E-state index contributed by atoms with van der Waals surface area (Å²) in [6.07, 6.45) is 3.60. The van der Waals surface area contributed by atoms with E-state index in [2.05, 4.69) is 56.0 Å². The predicted molar refractivity (Wildman–Crippen MR) is 72.4 cm³/mol. The molecule has 0 spiro atoms. The average molecular weight is 229 g/mol. The standard InChI is InChI=1S/C11H27N3Si/c1-7-8-9-12-11(13(2)3)14(4)10-15(5)6/h15H,7-10H2,1-6H3. The third kappa shape index (κ3) is 6.55. The smallest absolute Gasteiger partial charge is 0.195 e. The zero-order valence-corrected chi connectivity index (χ0v) is 12.4. The van der Waals surface area contributed by atoms with E-state index in [1.54, 1.807) is 0 Å². The maximum Gasteiger partial charge on any atom is 0.195 e.